The third-order valence-electron chi connectivity index (χ3n) is 3.62. The third-order valence-corrected chi connectivity index (χ3v) is 3.62. The van der Waals surface area contributed by atoms with Gasteiger partial charge in [0.25, 0.3) is 0 Å². The Morgan fingerprint density at radius 3 is 2.30 bits per heavy atom. The lowest BCUT2D eigenvalue weighted by Gasteiger charge is -2.22. The maximum absolute atomic E-state index is 11.4. The smallest absolute Gasteiger partial charge is 0.224 e. The summed E-state index contributed by atoms with van der Waals surface area (Å²) in [6, 6.07) is 8.30. The van der Waals surface area contributed by atoms with Crippen LogP contribution < -0.4 is 16.4 Å². The van der Waals surface area contributed by atoms with Crippen LogP contribution in [0, 0.1) is 5.41 Å². The fraction of sp³-hybridized carbons (Fsp3) is 0.529. The van der Waals surface area contributed by atoms with Crippen LogP contribution in [-0.4, -0.2) is 25.0 Å². The number of nitrogens with zero attached hydrogens (tertiary/aromatic N) is 1. The van der Waals surface area contributed by atoms with Gasteiger partial charge in [-0.1, -0.05) is 31.2 Å². The zero-order valence-corrected chi connectivity index (χ0v) is 16.8. The molecule has 0 radical (unpaired) electrons. The molecule has 4 N–H and O–H groups in total. The predicted octanol–water partition coefficient (Wildman–Crippen LogP) is 2.43. The van der Waals surface area contributed by atoms with Crippen LogP contribution in [0.2, 0.25) is 0 Å². The van der Waals surface area contributed by atoms with Gasteiger partial charge in [-0.3, -0.25) is 4.79 Å². The van der Waals surface area contributed by atoms with Gasteiger partial charge in [0.05, 0.1) is 12.0 Å². The van der Waals surface area contributed by atoms with Crippen LogP contribution in [0.5, 0.6) is 0 Å². The number of aliphatic imine (C=N–C) groups is 1. The second-order valence-electron chi connectivity index (χ2n) is 5.92. The molecule has 1 aromatic carbocycles. The molecule has 0 saturated heterocycles. The van der Waals surface area contributed by atoms with Crippen molar-refractivity contribution in [2.45, 2.75) is 40.7 Å². The molecule has 0 unspecified atom stereocenters. The zero-order chi connectivity index (χ0) is 16.6. The van der Waals surface area contributed by atoms with Crippen molar-refractivity contribution in [2.75, 3.05) is 13.1 Å². The minimum Gasteiger partial charge on any atom is -0.369 e. The molecule has 5 nitrogen and oxygen atoms in total. The highest BCUT2D eigenvalue weighted by atomic mass is 127. The van der Waals surface area contributed by atoms with E-state index in [-0.39, 0.29) is 29.9 Å². The summed E-state index contributed by atoms with van der Waals surface area (Å²) < 4.78 is 0. The van der Waals surface area contributed by atoms with E-state index in [9.17, 15) is 4.79 Å². The first-order valence-corrected chi connectivity index (χ1v) is 7.79. The van der Waals surface area contributed by atoms with Crippen LogP contribution in [0.15, 0.2) is 29.3 Å². The molecule has 0 fully saturated rings. The Morgan fingerprint density at radius 2 is 1.78 bits per heavy atom. The van der Waals surface area contributed by atoms with E-state index in [2.05, 4.69) is 34.7 Å². The number of hydrogen-bond donors (Lipinski definition) is 3. The fourth-order valence-electron chi connectivity index (χ4n) is 1.95. The Morgan fingerprint density at radius 1 is 1.17 bits per heavy atom. The van der Waals surface area contributed by atoms with E-state index in [1.54, 1.807) is 0 Å². The number of aryl methyl sites for hydroxylation is 1. The lowest BCUT2D eigenvalue weighted by Crippen LogP contribution is -2.46. The van der Waals surface area contributed by atoms with E-state index >= 15 is 0 Å². The van der Waals surface area contributed by atoms with E-state index in [0.717, 1.165) is 13.0 Å². The summed E-state index contributed by atoms with van der Waals surface area (Å²) in [7, 11) is 0. The molecule has 0 spiro atoms. The van der Waals surface area contributed by atoms with Crippen LogP contribution in [0.1, 0.15) is 38.8 Å². The standard InChI is InChI=1S/C17H28N4O.HI/c1-5-13-9-7-8-10-14(13)11-20-16(19-6-2)21-12-17(3,4)15(18)22;/h7-10H,5-6,11-12H2,1-4H3,(H2,18,22)(H2,19,20,21);1H. The minimum absolute atomic E-state index is 0. The molecule has 0 saturated carbocycles. The lowest BCUT2D eigenvalue weighted by molar-refractivity contribution is -0.125. The van der Waals surface area contributed by atoms with Crippen molar-refractivity contribution in [1.29, 1.82) is 0 Å². The van der Waals surface area contributed by atoms with Crippen molar-refractivity contribution < 1.29 is 4.79 Å². The second kappa shape index (κ2) is 10.5. The van der Waals surface area contributed by atoms with Crippen molar-refractivity contribution in [2.24, 2.45) is 16.1 Å². The summed E-state index contributed by atoms with van der Waals surface area (Å²) in [6.45, 7) is 9.60. The maximum atomic E-state index is 11.4. The van der Waals surface area contributed by atoms with Gasteiger partial charge in [-0.25, -0.2) is 4.99 Å². The van der Waals surface area contributed by atoms with Crippen molar-refractivity contribution in [3.63, 3.8) is 0 Å². The highest BCUT2D eigenvalue weighted by molar-refractivity contribution is 14.0. The highest BCUT2D eigenvalue weighted by Gasteiger charge is 2.24. The number of nitrogens with one attached hydrogen (secondary N) is 2. The van der Waals surface area contributed by atoms with Gasteiger partial charge >= 0.3 is 0 Å². The quantitative estimate of drug-likeness (QED) is 0.352. The van der Waals surface area contributed by atoms with Gasteiger partial charge in [-0.2, -0.15) is 0 Å². The number of carbonyl (C=O) groups excluding carboxylic acids is 1. The molecule has 0 aliphatic rings. The van der Waals surface area contributed by atoms with Crippen molar-refractivity contribution in [1.82, 2.24) is 10.6 Å². The molecule has 1 aromatic rings. The van der Waals surface area contributed by atoms with E-state index in [4.69, 9.17) is 5.73 Å². The Balaban J connectivity index is 0.00000484. The molecular formula is C17H29IN4O. The van der Waals surface area contributed by atoms with Gasteiger partial charge in [0, 0.05) is 13.1 Å². The van der Waals surface area contributed by atoms with E-state index in [0.29, 0.717) is 19.0 Å². The molecule has 0 bridgehead atoms. The van der Waals surface area contributed by atoms with Crippen LogP contribution in [0.3, 0.4) is 0 Å². The molecule has 130 valence electrons. The van der Waals surface area contributed by atoms with Gasteiger partial charge < -0.3 is 16.4 Å². The van der Waals surface area contributed by atoms with Crippen molar-refractivity contribution in [3.05, 3.63) is 35.4 Å². The first-order valence-electron chi connectivity index (χ1n) is 7.79. The third kappa shape index (κ3) is 7.20. The zero-order valence-electron chi connectivity index (χ0n) is 14.5. The summed E-state index contributed by atoms with van der Waals surface area (Å²) >= 11 is 0. The summed E-state index contributed by atoms with van der Waals surface area (Å²) in [5, 5.41) is 6.38. The highest BCUT2D eigenvalue weighted by Crippen LogP contribution is 2.12. The summed E-state index contributed by atoms with van der Waals surface area (Å²) in [5.74, 6) is 0.370. The van der Waals surface area contributed by atoms with Gasteiger partial charge in [-0.05, 0) is 38.3 Å². The average molecular weight is 432 g/mol. The van der Waals surface area contributed by atoms with Crippen LogP contribution in [0.25, 0.3) is 0 Å². The van der Waals surface area contributed by atoms with Gasteiger partial charge in [0.1, 0.15) is 0 Å². The Labute approximate surface area is 156 Å². The predicted molar refractivity (Wildman–Crippen MR) is 107 cm³/mol. The average Bonchev–Trinajstić information content (AvgIpc) is 2.50. The molecule has 0 atom stereocenters. The van der Waals surface area contributed by atoms with Crippen LogP contribution in [-0.2, 0) is 17.8 Å². The molecule has 0 aliphatic carbocycles. The number of hydrogen-bond acceptors (Lipinski definition) is 2. The van der Waals surface area contributed by atoms with Gasteiger partial charge in [-0.15, -0.1) is 24.0 Å². The van der Waals surface area contributed by atoms with E-state index in [1.807, 2.05) is 32.9 Å². The van der Waals surface area contributed by atoms with Crippen LogP contribution >= 0.6 is 24.0 Å². The maximum Gasteiger partial charge on any atom is 0.224 e. The first-order chi connectivity index (χ1) is 10.4. The fourth-order valence-corrected chi connectivity index (χ4v) is 1.95. The molecule has 6 heteroatoms. The minimum atomic E-state index is -0.614. The molecule has 1 rings (SSSR count). The normalized spacial score (nSPS) is 11.6. The Kier molecular flexibility index (Phi) is 9.87. The Bertz CT molecular complexity index is 529. The number of amides is 1. The van der Waals surface area contributed by atoms with Crippen molar-refractivity contribution in [3.8, 4) is 0 Å². The molecule has 0 heterocycles. The number of rotatable bonds is 7. The SMILES string of the molecule is CCNC(=NCc1ccccc1CC)NCC(C)(C)C(N)=O.I. The molecule has 23 heavy (non-hydrogen) atoms. The van der Waals surface area contributed by atoms with Crippen molar-refractivity contribution >= 4 is 35.8 Å². The van der Waals surface area contributed by atoms with Gasteiger partial charge in [0.2, 0.25) is 5.91 Å². The molecule has 0 aromatic heterocycles. The summed E-state index contributed by atoms with van der Waals surface area (Å²) in [5.41, 5.74) is 7.30. The molecule has 1 amide bonds. The topological polar surface area (TPSA) is 79.5 Å². The monoisotopic (exact) mass is 432 g/mol. The number of benzene rings is 1. The van der Waals surface area contributed by atoms with Gasteiger partial charge in [0.15, 0.2) is 5.96 Å². The number of nitrogens with two attached hydrogens (primary N) is 1. The first kappa shape index (κ1) is 21.7. The number of primary amides is 1. The van der Waals surface area contributed by atoms with E-state index < -0.39 is 5.41 Å². The largest absolute Gasteiger partial charge is 0.369 e. The molecular weight excluding hydrogens is 403 g/mol. The number of carbonyl (C=O) groups is 1. The molecule has 0 aliphatic heterocycles. The number of guanidine groups is 1. The second-order valence-corrected chi connectivity index (χ2v) is 5.92. The Hall–Kier alpha value is -1.31. The number of halogens is 1. The van der Waals surface area contributed by atoms with E-state index in [1.165, 1.54) is 11.1 Å². The summed E-state index contributed by atoms with van der Waals surface area (Å²) in [4.78, 5) is 16.0. The van der Waals surface area contributed by atoms with Crippen LogP contribution in [0.4, 0.5) is 0 Å². The lowest BCUT2D eigenvalue weighted by atomic mass is 9.93. The summed E-state index contributed by atoms with van der Waals surface area (Å²) in [6.07, 6.45) is 0.990.